The van der Waals surface area contributed by atoms with E-state index in [2.05, 4.69) is 10.3 Å². The van der Waals surface area contributed by atoms with Crippen LogP contribution in [0.5, 0.6) is 11.5 Å². The van der Waals surface area contributed by atoms with E-state index in [1.165, 1.54) is 11.3 Å². The fourth-order valence-electron chi connectivity index (χ4n) is 3.00. The summed E-state index contributed by atoms with van der Waals surface area (Å²) in [5.41, 5.74) is 3.20. The lowest BCUT2D eigenvalue weighted by atomic mass is 10.2. The Kier molecular flexibility index (Phi) is 5.42. The number of halogens is 1. The normalized spacial score (nSPS) is 10.9. The number of nitrogens with one attached hydrogen (secondary N) is 1. The number of carbonyl (C=O) groups is 1. The van der Waals surface area contributed by atoms with Crippen LogP contribution in [0.1, 0.15) is 5.69 Å². The summed E-state index contributed by atoms with van der Waals surface area (Å²) in [5.74, 6) is 1.05. The van der Waals surface area contributed by atoms with Gasteiger partial charge < -0.3 is 14.8 Å². The van der Waals surface area contributed by atoms with Crippen LogP contribution in [-0.4, -0.2) is 29.5 Å². The highest BCUT2D eigenvalue weighted by molar-refractivity contribution is 7.15. The molecule has 0 radical (unpaired) electrons. The SMILES string of the molecule is COc1ccc(NC(=O)Cc2csc3nc(-c4cccc(Cl)c4)cn23)c(OC)c1. The van der Waals surface area contributed by atoms with Crippen LogP contribution >= 0.6 is 22.9 Å². The topological polar surface area (TPSA) is 64.9 Å². The third kappa shape index (κ3) is 4.06. The maximum Gasteiger partial charge on any atom is 0.230 e. The lowest BCUT2D eigenvalue weighted by Gasteiger charge is -2.11. The number of rotatable bonds is 6. The minimum atomic E-state index is -0.147. The third-order valence-corrected chi connectivity index (χ3v) is 5.55. The largest absolute Gasteiger partial charge is 0.497 e. The molecule has 4 aromatic rings. The first-order valence-electron chi connectivity index (χ1n) is 8.80. The Morgan fingerprint density at radius 1 is 1.21 bits per heavy atom. The molecular formula is C21H18ClN3O3S. The molecule has 8 heteroatoms. The summed E-state index contributed by atoms with van der Waals surface area (Å²) >= 11 is 7.58. The fourth-order valence-corrected chi connectivity index (χ4v) is 4.07. The van der Waals surface area contributed by atoms with Crippen LogP contribution in [0.3, 0.4) is 0 Å². The number of thiazole rings is 1. The number of hydrogen-bond acceptors (Lipinski definition) is 5. The molecule has 0 unspecified atom stereocenters. The van der Waals surface area contributed by atoms with Gasteiger partial charge in [-0.3, -0.25) is 9.20 Å². The molecule has 0 aliphatic rings. The Morgan fingerprint density at radius 3 is 2.83 bits per heavy atom. The van der Waals surface area contributed by atoms with Gasteiger partial charge in [0.2, 0.25) is 5.91 Å². The van der Waals surface area contributed by atoms with Gasteiger partial charge >= 0.3 is 0 Å². The highest BCUT2D eigenvalue weighted by atomic mass is 35.5. The summed E-state index contributed by atoms with van der Waals surface area (Å²) in [7, 11) is 3.13. The first-order valence-corrected chi connectivity index (χ1v) is 10.1. The number of fused-ring (bicyclic) bond motifs is 1. The minimum absolute atomic E-state index is 0.147. The van der Waals surface area contributed by atoms with Crippen molar-refractivity contribution in [2.75, 3.05) is 19.5 Å². The van der Waals surface area contributed by atoms with Crippen LogP contribution < -0.4 is 14.8 Å². The molecule has 4 rings (SSSR count). The zero-order valence-electron chi connectivity index (χ0n) is 15.8. The molecule has 2 aromatic carbocycles. The number of anilines is 1. The first kappa shape index (κ1) is 19.3. The summed E-state index contributed by atoms with van der Waals surface area (Å²) in [6.45, 7) is 0. The van der Waals surface area contributed by atoms with Crippen molar-refractivity contribution in [1.82, 2.24) is 9.38 Å². The van der Waals surface area contributed by atoms with E-state index in [1.807, 2.05) is 40.2 Å². The molecule has 0 saturated heterocycles. The van der Waals surface area contributed by atoms with Gasteiger partial charge in [0.15, 0.2) is 4.96 Å². The Balaban J connectivity index is 1.54. The number of hydrogen-bond donors (Lipinski definition) is 1. The van der Waals surface area contributed by atoms with Crippen LogP contribution in [0, 0.1) is 0 Å². The number of imidazole rings is 1. The van der Waals surface area contributed by atoms with Gasteiger partial charge in [-0.2, -0.15) is 0 Å². The molecule has 0 fully saturated rings. The van der Waals surface area contributed by atoms with E-state index >= 15 is 0 Å². The zero-order valence-corrected chi connectivity index (χ0v) is 17.4. The summed E-state index contributed by atoms with van der Waals surface area (Å²) in [5, 5.41) is 5.49. The van der Waals surface area contributed by atoms with Crippen LogP contribution in [0.4, 0.5) is 5.69 Å². The van der Waals surface area contributed by atoms with Crippen molar-refractivity contribution in [2.45, 2.75) is 6.42 Å². The van der Waals surface area contributed by atoms with Crippen LogP contribution in [0.2, 0.25) is 5.02 Å². The van der Waals surface area contributed by atoms with Gasteiger partial charge in [-0.1, -0.05) is 23.7 Å². The van der Waals surface area contributed by atoms with Gasteiger partial charge in [-0.05, 0) is 24.3 Å². The van der Waals surface area contributed by atoms with Gasteiger partial charge in [0.1, 0.15) is 11.5 Å². The lowest BCUT2D eigenvalue weighted by molar-refractivity contribution is -0.115. The van der Waals surface area contributed by atoms with Crippen LogP contribution in [-0.2, 0) is 11.2 Å². The molecule has 2 aromatic heterocycles. The van der Waals surface area contributed by atoms with E-state index in [0.717, 1.165) is 21.9 Å². The van der Waals surface area contributed by atoms with Crippen molar-refractivity contribution >= 4 is 39.5 Å². The highest BCUT2D eigenvalue weighted by Gasteiger charge is 2.14. The van der Waals surface area contributed by atoms with Gasteiger partial charge in [0.25, 0.3) is 0 Å². The second-order valence-corrected chi connectivity index (χ2v) is 7.58. The van der Waals surface area contributed by atoms with Gasteiger partial charge in [-0.15, -0.1) is 11.3 Å². The molecule has 0 bridgehead atoms. The molecule has 0 saturated carbocycles. The maximum absolute atomic E-state index is 12.6. The zero-order chi connectivity index (χ0) is 20.4. The Labute approximate surface area is 176 Å². The number of carbonyl (C=O) groups excluding carboxylic acids is 1. The predicted octanol–water partition coefficient (Wildman–Crippen LogP) is 4.91. The second-order valence-electron chi connectivity index (χ2n) is 6.31. The number of nitrogens with zero attached hydrogens (tertiary/aromatic N) is 2. The Morgan fingerprint density at radius 2 is 2.07 bits per heavy atom. The molecule has 29 heavy (non-hydrogen) atoms. The van der Waals surface area contributed by atoms with E-state index < -0.39 is 0 Å². The standard InChI is InChI=1S/C21H18ClN3O3S/c1-27-16-6-7-17(19(10-16)28-2)23-20(26)9-15-12-29-21-24-18(11-25(15)21)13-4-3-5-14(22)8-13/h3-8,10-12H,9H2,1-2H3,(H,23,26). The summed E-state index contributed by atoms with van der Waals surface area (Å²) in [6, 6.07) is 12.8. The van der Waals surface area contributed by atoms with E-state index in [-0.39, 0.29) is 12.3 Å². The molecule has 0 aliphatic heterocycles. The van der Waals surface area contributed by atoms with E-state index in [1.54, 1.807) is 32.4 Å². The number of aromatic nitrogens is 2. The van der Waals surface area contributed by atoms with Crippen molar-refractivity contribution in [1.29, 1.82) is 0 Å². The summed E-state index contributed by atoms with van der Waals surface area (Å²) in [4.78, 5) is 18.1. The van der Waals surface area contributed by atoms with E-state index in [0.29, 0.717) is 22.2 Å². The number of benzene rings is 2. The maximum atomic E-state index is 12.6. The van der Waals surface area contributed by atoms with Crippen molar-refractivity contribution < 1.29 is 14.3 Å². The molecule has 0 aliphatic carbocycles. The van der Waals surface area contributed by atoms with Crippen molar-refractivity contribution in [3.05, 3.63) is 64.8 Å². The average molecular weight is 428 g/mol. The van der Waals surface area contributed by atoms with Crippen molar-refractivity contribution in [3.63, 3.8) is 0 Å². The van der Waals surface area contributed by atoms with E-state index in [4.69, 9.17) is 21.1 Å². The molecule has 148 valence electrons. The fraction of sp³-hybridized carbons (Fsp3) is 0.143. The molecular weight excluding hydrogens is 410 g/mol. The number of methoxy groups -OCH3 is 2. The number of amides is 1. The van der Waals surface area contributed by atoms with Crippen molar-refractivity contribution in [2.24, 2.45) is 0 Å². The molecule has 0 spiro atoms. The Hall–Kier alpha value is -3.03. The average Bonchev–Trinajstić information content (AvgIpc) is 3.30. The predicted molar refractivity (Wildman–Crippen MR) is 115 cm³/mol. The van der Waals surface area contributed by atoms with Gasteiger partial charge in [0, 0.05) is 33.9 Å². The molecule has 6 nitrogen and oxygen atoms in total. The van der Waals surface area contributed by atoms with Crippen molar-refractivity contribution in [3.8, 4) is 22.8 Å². The molecule has 1 N–H and O–H groups in total. The minimum Gasteiger partial charge on any atom is -0.497 e. The lowest BCUT2D eigenvalue weighted by Crippen LogP contribution is -2.15. The van der Waals surface area contributed by atoms with Gasteiger partial charge in [-0.25, -0.2) is 4.98 Å². The van der Waals surface area contributed by atoms with Gasteiger partial charge in [0.05, 0.1) is 32.0 Å². The quantitative estimate of drug-likeness (QED) is 0.474. The van der Waals surface area contributed by atoms with E-state index in [9.17, 15) is 4.79 Å². The smallest absolute Gasteiger partial charge is 0.230 e. The highest BCUT2D eigenvalue weighted by Crippen LogP contribution is 2.30. The van der Waals surface area contributed by atoms with Crippen LogP contribution in [0.15, 0.2) is 54.0 Å². The summed E-state index contributed by atoms with van der Waals surface area (Å²) in [6.07, 6.45) is 2.13. The molecule has 2 heterocycles. The number of ether oxygens (including phenoxy) is 2. The Bertz CT molecular complexity index is 1190. The molecule has 0 atom stereocenters. The van der Waals surface area contributed by atoms with Crippen LogP contribution in [0.25, 0.3) is 16.2 Å². The molecule has 1 amide bonds. The third-order valence-electron chi connectivity index (χ3n) is 4.43. The first-order chi connectivity index (χ1) is 14.1. The monoisotopic (exact) mass is 427 g/mol. The summed E-state index contributed by atoms with van der Waals surface area (Å²) < 4.78 is 12.5. The second kappa shape index (κ2) is 8.14.